The van der Waals surface area contributed by atoms with E-state index in [1.807, 2.05) is 0 Å². The van der Waals surface area contributed by atoms with Crippen LogP contribution >= 0.6 is 11.3 Å². The fourth-order valence-corrected chi connectivity index (χ4v) is 3.39. The molecule has 1 fully saturated rings. The molecule has 0 bridgehead atoms. The van der Waals surface area contributed by atoms with E-state index in [1.165, 1.54) is 24.1 Å². The summed E-state index contributed by atoms with van der Waals surface area (Å²) in [5.41, 5.74) is -0.733. The van der Waals surface area contributed by atoms with Crippen LogP contribution in [0.25, 0.3) is 0 Å². The van der Waals surface area contributed by atoms with Crippen LogP contribution in [0, 0.1) is 5.92 Å². The van der Waals surface area contributed by atoms with Crippen molar-refractivity contribution in [1.29, 1.82) is 0 Å². The second kappa shape index (κ2) is 7.61. The van der Waals surface area contributed by atoms with Crippen molar-refractivity contribution >= 4 is 34.0 Å². The molecule has 2 heterocycles. The van der Waals surface area contributed by atoms with Crippen LogP contribution in [0.15, 0.2) is 24.3 Å². The molecular weight excluding hydrogens is 385 g/mol. The topological polar surface area (TPSA) is 84.4 Å². The molecule has 3 rings (SSSR count). The number of hydrogen-bond acceptors (Lipinski definition) is 6. The van der Waals surface area contributed by atoms with Crippen molar-refractivity contribution < 1.29 is 27.5 Å². The molecule has 7 nitrogen and oxygen atoms in total. The maximum absolute atomic E-state index is 12.9. The van der Waals surface area contributed by atoms with Crippen LogP contribution in [0.3, 0.4) is 0 Å². The first kappa shape index (κ1) is 19.2. The monoisotopic (exact) mass is 400 g/mol. The van der Waals surface area contributed by atoms with Gasteiger partial charge in [0, 0.05) is 25.8 Å². The zero-order valence-corrected chi connectivity index (χ0v) is 14.9. The molecule has 1 aromatic heterocycles. The predicted octanol–water partition coefficient (Wildman–Crippen LogP) is 2.69. The minimum absolute atomic E-state index is 0.00426. The zero-order chi connectivity index (χ0) is 19.6. The fraction of sp³-hybridized carbons (Fsp3) is 0.375. The summed E-state index contributed by atoms with van der Waals surface area (Å²) in [5, 5.41) is 11.1. The first-order chi connectivity index (χ1) is 12.8. The van der Waals surface area contributed by atoms with Gasteiger partial charge in [0.1, 0.15) is 11.6 Å². The van der Waals surface area contributed by atoms with Gasteiger partial charge in [0.2, 0.25) is 16.9 Å². The molecule has 1 N–H and O–H groups in total. The number of methoxy groups -OCH3 is 1. The lowest BCUT2D eigenvalue weighted by Crippen LogP contribution is -2.28. The fourth-order valence-electron chi connectivity index (χ4n) is 2.68. The number of aromatic nitrogens is 2. The van der Waals surface area contributed by atoms with E-state index in [1.54, 1.807) is 0 Å². The molecule has 1 saturated heterocycles. The number of carbonyl (C=O) groups is 2. The van der Waals surface area contributed by atoms with Crippen molar-refractivity contribution in [2.75, 3.05) is 23.9 Å². The van der Waals surface area contributed by atoms with Gasteiger partial charge in [-0.3, -0.25) is 9.59 Å². The SMILES string of the molecule is COCc1nnc(NC(=O)C2CC(=O)N(c3cccc(C(F)(F)F)c3)C2)s1. The Morgan fingerprint density at radius 1 is 1.41 bits per heavy atom. The van der Waals surface area contributed by atoms with Crippen molar-refractivity contribution in [3.8, 4) is 0 Å². The molecule has 11 heteroatoms. The molecule has 27 heavy (non-hydrogen) atoms. The molecule has 2 amide bonds. The number of anilines is 2. The molecule has 144 valence electrons. The normalized spacial score (nSPS) is 17.4. The highest BCUT2D eigenvalue weighted by atomic mass is 32.1. The first-order valence-corrected chi connectivity index (χ1v) is 8.69. The molecule has 1 aliphatic rings. The summed E-state index contributed by atoms with van der Waals surface area (Å²) < 4.78 is 43.5. The van der Waals surface area contributed by atoms with E-state index in [0.717, 1.165) is 23.5 Å². The van der Waals surface area contributed by atoms with Crippen LogP contribution in [0.4, 0.5) is 24.0 Å². The highest BCUT2D eigenvalue weighted by Crippen LogP contribution is 2.33. The van der Waals surface area contributed by atoms with Gasteiger partial charge in [-0.25, -0.2) is 0 Å². The van der Waals surface area contributed by atoms with Crippen molar-refractivity contribution in [1.82, 2.24) is 10.2 Å². The largest absolute Gasteiger partial charge is 0.416 e. The van der Waals surface area contributed by atoms with Gasteiger partial charge in [-0.1, -0.05) is 17.4 Å². The van der Waals surface area contributed by atoms with Crippen molar-refractivity contribution in [3.63, 3.8) is 0 Å². The summed E-state index contributed by atoms with van der Waals surface area (Å²) in [6, 6.07) is 4.48. The maximum Gasteiger partial charge on any atom is 0.416 e. The average Bonchev–Trinajstić information content (AvgIpc) is 3.21. The smallest absolute Gasteiger partial charge is 0.377 e. The lowest BCUT2D eigenvalue weighted by molar-refractivity contribution is -0.137. The predicted molar refractivity (Wildman–Crippen MR) is 91.2 cm³/mol. The summed E-state index contributed by atoms with van der Waals surface area (Å²) in [4.78, 5) is 25.8. The first-order valence-electron chi connectivity index (χ1n) is 7.87. The molecule has 2 aromatic rings. The van der Waals surface area contributed by atoms with Gasteiger partial charge in [0.15, 0.2) is 0 Å². The Labute approximate surface area is 156 Å². The summed E-state index contributed by atoms with van der Waals surface area (Å²) >= 11 is 1.14. The van der Waals surface area contributed by atoms with E-state index in [-0.39, 0.29) is 30.4 Å². The quantitative estimate of drug-likeness (QED) is 0.834. The molecule has 0 radical (unpaired) electrons. The molecule has 0 saturated carbocycles. The van der Waals surface area contributed by atoms with E-state index in [0.29, 0.717) is 5.01 Å². The van der Waals surface area contributed by atoms with Crippen LogP contribution in [-0.4, -0.2) is 35.7 Å². The Morgan fingerprint density at radius 3 is 2.89 bits per heavy atom. The number of ether oxygens (including phenoxy) is 1. The van der Waals surface area contributed by atoms with Gasteiger partial charge in [-0.05, 0) is 18.2 Å². The third kappa shape index (κ3) is 4.42. The Morgan fingerprint density at radius 2 is 2.19 bits per heavy atom. The van der Waals surface area contributed by atoms with Crippen molar-refractivity contribution in [2.24, 2.45) is 5.92 Å². The van der Waals surface area contributed by atoms with Gasteiger partial charge < -0.3 is 15.0 Å². The Hall–Kier alpha value is -2.53. The molecule has 1 unspecified atom stereocenters. The highest BCUT2D eigenvalue weighted by Gasteiger charge is 2.37. The van der Waals surface area contributed by atoms with Crippen molar-refractivity contribution in [3.05, 3.63) is 34.8 Å². The van der Waals surface area contributed by atoms with Crippen LogP contribution < -0.4 is 10.2 Å². The van der Waals surface area contributed by atoms with Crippen LogP contribution in [0.5, 0.6) is 0 Å². The van der Waals surface area contributed by atoms with Crippen molar-refractivity contribution in [2.45, 2.75) is 19.2 Å². The van der Waals surface area contributed by atoms with Crippen LogP contribution in [-0.2, 0) is 27.1 Å². The second-order valence-corrected chi connectivity index (χ2v) is 6.94. The summed E-state index contributed by atoms with van der Waals surface area (Å²) in [6.45, 7) is 0.258. The molecular formula is C16H15F3N4O3S. The minimum Gasteiger partial charge on any atom is -0.377 e. The molecule has 0 spiro atoms. The van der Waals surface area contributed by atoms with Gasteiger partial charge >= 0.3 is 6.18 Å². The van der Waals surface area contributed by atoms with E-state index in [2.05, 4.69) is 15.5 Å². The Bertz CT molecular complexity index is 855. The molecule has 1 aliphatic heterocycles. The maximum atomic E-state index is 12.9. The van der Waals surface area contributed by atoms with Gasteiger partial charge in [0.25, 0.3) is 0 Å². The Kier molecular flexibility index (Phi) is 5.42. The van der Waals surface area contributed by atoms with Gasteiger partial charge in [-0.15, -0.1) is 10.2 Å². The van der Waals surface area contributed by atoms with E-state index < -0.39 is 29.5 Å². The van der Waals surface area contributed by atoms with Crippen LogP contribution in [0.2, 0.25) is 0 Å². The number of halogens is 3. The molecule has 0 aliphatic carbocycles. The number of nitrogens with one attached hydrogen (secondary N) is 1. The molecule has 1 aromatic carbocycles. The summed E-state index contributed by atoms with van der Waals surface area (Å²) in [5.74, 6) is -1.54. The summed E-state index contributed by atoms with van der Waals surface area (Å²) in [6.07, 6.45) is -4.60. The third-order valence-electron chi connectivity index (χ3n) is 3.95. The van der Waals surface area contributed by atoms with E-state index in [9.17, 15) is 22.8 Å². The number of amides is 2. The molecule has 1 atom stereocenters. The van der Waals surface area contributed by atoms with Gasteiger partial charge in [0.05, 0.1) is 11.5 Å². The number of alkyl halides is 3. The number of benzene rings is 1. The standard InChI is InChI=1S/C16H15F3N4O3S/c1-26-8-12-21-22-15(27-12)20-14(25)9-5-13(24)23(7-9)11-4-2-3-10(6-11)16(17,18)19/h2-4,6,9H,5,7-8H2,1H3,(H,20,22,25). The van der Waals surface area contributed by atoms with E-state index in [4.69, 9.17) is 4.74 Å². The average molecular weight is 400 g/mol. The number of hydrogen-bond donors (Lipinski definition) is 1. The van der Waals surface area contributed by atoms with Gasteiger partial charge in [-0.2, -0.15) is 13.2 Å². The number of nitrogens with zero attached hydrogens (tertiary/aromatic N) is 3. The second-order valence-electron chi connectivity index (χ2n) is 5.88. The number of carbonyl (C=O) groups excluding carboxylic acids is 2. The minimum atomic E-state index is -4.51. The lowest BCUT2D eigenvalue weighted by atomic mass is 10.1. The third-order valence-corrected chi connectivity index (χ3v) is 4.76. The lowest BCUT2D eigenvalue weighted by Gasteiger charge is -2.18. The highest BCUT2D eigenvalue weighted by molar-refractivity contribution is 7.15. The van der Waals surface area contributed by atoms with Crippen LogP contribution in [0.1, 0.15) is 17.0 Å². The zero-order valence-electron chi connectivity index (χ0n) is 14.1. The Balaban J connectivity index is 1.68. The van der Waals surface area contributed by atoms with E-state index >= 15 is 0 Å². The number of rotatable bonds is 5. The summed E-state index contributed by atoms with van der Waals surface area (Å²) in [7, 11) is 1.51.